The van der Waals surface area contributed by atoms with Gasteiger partial charge in [0.25, 0.3) is 0 Å². The Balaban J connectivity index is 2.00. The number of hydrogen-bond donors (Lipinski definition) is 1. The molecule has 5 nitrogen and oxygen atoms in total. The molecule has 3 unspecified atom stereocenters. The van der Waals surface area contributed by atoms with Gasteiger partial charge >= 0.3 is 5.97 Å². The molecule has 1 saturated heterocycles. The second-order valence-corrected chi connectivity index (χ2v) is 7.56. The first kappa shape index (κ1) is 14.5. The van der Waals surface area contributed by atoms with Gasteiger partial charge in [-0.3, -0.25) is 4.79 Å². The van der Waals surface area contributed by atoms with Crippen molar-refractivity contribution < 1.29 is 22.7 Å². The van der Waals surface area contributed by atoms with Crippen molar-refractivity contribution in [1.29, 1.82) is 0 Å². The summed E-state index contributed by atoms with van der Waals surface area (Å²) >= 11 is 0. The molecule has 114 valence electrons. The number of sulfonamides is 1. The lowest BCUT2D eigenvalue weighted by molar-refractivity contribution is -0.142. The number of aliphatic carboxylic acids is 1. The van der Waals surface area contributed by atoms with Gasteiger partial charge in [0.15, 0.2) is 0 Å². The van der Waals surface area contributed by atoms with E-state index in [4.69, 9.17) is 0 Å². The number of carboxylic acids is 1. The minimum Gasteiger partial charge on any atom is -0.480 e. The fourth-order valence-corrected chi connectivity index (χ4v) is 5.30. The molecule has 0 bridgehead atoms. The predicted octanol–water partition coefficient (Wildman–Crippen LogP) is 1.70. The molecule has 1 heterocycles. The fourth-order valence-electron chi connectivity index (χ4n) is 3.58. The molecule has 0 radical (unpaired) electrons. The zero-order valence-electron chi connectivity index (χ0n) is 11.3. The largest absolute Gasteiger partial charge is 0.480 e. The van der Waals surface area contributed by atoms with Gasteiger partial charge in [0.05, 0.1) is 4.90 Å². The van der Waals surface area contributed by atoms with E-state index in [1.807, 2.05) is 0 Å². The maximum atomic E-state index is 13.3. The number of benzene rings is 1. The number of rotatable bonds is 3. The van der Waals surface area contributed by atoms with Gasteiger partial charge in [0, 0.05) is 6.54 Å². The molecule has 7 heteroatoms. The van der Waals surface area contributed by atoms with Gasteiger partial charge in [0.2, 0.25) is 10.0 Å². The molecule has 3 rings (SSSR count). The summed E-state index contributed by atoms with van der Waals surface area (Å²) in [5.74, 6) is -1.81. The van der Waals surface area contributed by atoms with Crippen LogP contribution in [0.5, 0.6) is 0 Å². The Morgan fingerprint density at radius 1 is 1.33 bits per heavy atom. The van der Waals surface area contributed by atoms with E-state index in [0.29, 0.717) is 0 Å². The van der Waals surface area contributed by atoms with E-state index >= 15 is 0 Å². The standard InChI is InChI=1S/C14H16FNO4S/c15-10-4-2-5-11(7-10)21(19,20)16-8-9-3-1-6-12(9)13(16)14(17)18/h2,4-5,7,9,12-13H,1,3,6,8H2,(H,17,18). The molecule has 1 aromatic rings. The summed E-state index contributed by atoms with van der Waals surface area (Å²) in [5, 5.41) is 9.42. The van der Waals surface area contributed by atoms with Crippen LogP contribution >= 0.6 is 0 Å². The molecular formula is C14H16FNO4S. The zero-order valence-corrected chi connectivity index (χ0v) is 12.1. The van der Waals surface area contributed by atoms with Crippen LogP contribution in [0.25, 0.3) is 0 Å². The summed E-state index contributed by atoms with van der Waals surface area (Å²) in [6.07, 6.45) is 2.52. The van der Waals surface area contributed by atoms with Crippen molar-refractivity contribution in [1.82, 2.24) is 4.31 Å². The van der Waals surface area contributed by atoms with Crippen LogP contribution in [-0.2, 0) is 14.8 Å². The molecule has 1 aliphatic carbocycles. The average Bonchev–Trinajstić information content (AvgIpc) is 2.97. The van der Waals surface area contributed by atoms with E-state index in [1.54, 1.807) is 0 Å². The highest BCUT2D eigenvalue weighted by atomic mass is 32.2. The van der Waals surface area contributed by atoms with E-state index in [0.717, 1.165) is 35.7 Å². The Morgan fingerprint density at radius 2 is 2.10 bits per heavy atom. The zero-order chi connectivity index (χ0) is 15.2. The molecular weight excluding hydrogens is 297 g/mol. The molecule has 1 N–H and O–H groups in total. The second-order valence-electron chi connectivity index (χ2n) is 5.67. The normalized spacial score (nSPS) is 29.5. The highest BCUT2D eigenvalue weighted by Gasteiger charge is 2.52. The molecule has 2 fully saturated rings. The second kappa shape index (κ2) is 5.06. The third-order valence-corrected chi connectivity index (χ3v) is 6.35. The van der Waals surface area contributed by atoms with Gasteiger partial charge in [-0.05, 0) is 42.9 Å². The van der Waals surface area contributed by atoms with Crippen LogP contribution in [0.2, 0.25) is 0 Å². The van der Waals surface area contributed by atoms with Crippen LogP contribution < -0.4 is 0 Å². The van der Waals surface area contributed by atoms with Crippen LogP contribution in [-0.4, -0.2) is 36.4 Å². The SMILES string of the molecule is O=C(O)C1C2CCCC2CN1S(=O)(=O)c1cccc(F)c1. The maximum Gasteiger partial charge on any atom is 0.322 e. The van der Waals surface area contributed by atoms with Gasteiger partial charge in [0.1, 0.15) is 11.9 Å². The number of halogens is 1. The number of carbonyl (C=O) groups is 1. The number of nitrogens with zero attached hydrogens (tertiary/aromatic N) is 1. The van der Waals surface area contributed by atoms with Crippen molar-refractivity contribution in [3.8, 4) is 0 Å². The van der Waals surface area contributed by atoms with Crippen LogP contribution in [0.4, 0.5) is 4.39 Å². The van der Waals surface area contributed by atoms with Crippen LogP contribution in [0.15, 0.2) is 29.2 Å². The molecule has 1 saturated carbocycles. The summed E-state index contributed by atoms with van der Waals surface area (Å²) in [5.41, 5.74) is 0. The summed E-state index contributed by atoms with van der Waals surface area (Å²) in [6, 6.07) is 3.67. The van der Waals surface area contributed by atoms with Crippen molar-refractivity contribution in [3.05, 3.63) is 30.1 Å². The van der Waals surface area contributed by atoms with Crippen LogP contribution in [0.1, 0.15) is 19.3 Å². The third-order valence-electron chi connectivity index (χ3n) is 4.50. The van der Waals surface area contributed by atoms with Crippen molar-refractivity contribution >= 4 is 16.0 Å². The summed E-state index contributed by atoms with van der Waals surface area (Å²) in [4.78, 5) is 11.3. The van der Waals surface area contributed by atoms with E-state index in [1.165, 1.54) is 12.1 Å². The Morgan fingerprint density at radius 3 is 2.76 bits per heavy atom. The minimum atomic E-state index is -3.98. The van der Waals surface area contributed by atoms with E-state index in [9.17, 15) is 22.7 Å². The Hall–Kier alpha value is -1.47. The van der Waals surface area contributed by atoms with Crippen molar-refractivity contribution in [2.45, 2.75) is 30.2 Å². The monoisotopic (exact) mass is 313 g/mol. The lowest BCUT2D eigenvalue weighted by Gasteiger charge is -2.23. The smallest absolute Gasteiger partial charge is 0.322 e. The Bertz CT molecular complexity index is 675. The van der Waals surface area contributed by atoms with Gasteiger partial charge < -0.3 is 5.11 Å². The Kier molecular flexibility index (Phi) is 3.49. The number of hydrogen-bond acceptors (Lipinski definition) is 3. The highest BCUT2D eigenvalue weighted by molar-refractivity contribution is 7.89. The molecule has 2 aliphatic rings. The minimum absolute atomic E-state index is 0.0921. The molecule has 3 atom stereocenters. The third kappa shape index (κ3) is 2.34. The van der Waals surface area contributed by atoms with Crippen LogP contribution in [0, 0.1) is 17.7 Å². The summed E-state index contributed by atoms with van der Waals surface area (Å²) in [7, 11) is -3.98. The topological polar surface area (TPSA) is 74.7 Å². The van der Waals surface area contributed by atoms with Gasteiger partial charge in [-0.15, -0.1) is 0 Å². The summed E-state index contributed by atoms with van der Waals surface area (Å²) in [6.45, 7) is 0.209. The lowest BCUT2D eigenvalue weighted by atomic mass is 9.94. The van der Waals surface area contributed by atoms with E-state index < -0.39 is 27.9 Å². The first-order chi connectivity index (χ1) is 9.91. The molecule has 1 aromatic carbocycles. The van der Waals surface area contributed by atoms with E-state index in [2.05, 4.69) is 0 Å². The molecule has 0 aromatic heterocycles. The van der Waals surface area contributed by atoms with Crippen molar-refractivity contribution in [3.63, 3.8) is 0 Å². The summed E-state index contributed by atoms with van der Waals surface area (Å²) < 4.78 is 39.6. The van der Waals surface area contributed by atoms with Crippen molar-refractivity contribution in [2.24, 2.45) is 11.8 Å². The van der Waals surface area contributed by atoms with Gasteiger partial charge in [-0.1, -0.05) is 12.5 Å². The first-order valence-corrected chi connectivity index (χ1v) is 8.35. The Labute approximate surface area is 122 Å². The van der Waals surface area contributed by atoms with Gasteiger partial charge in [-0.2, -0.15) is 4.31 Å². The first-order valence-electron chi connectivity index (χ1n) is 6.91. The van der Waals surface area contributed by atoms with Crippen LogP contribution in [0.3, 0.4) is 0 Å². The molecule has 0 amide bonds. The molecule has 21 heavy (non-hydrogen) atoms. The number of carboxylic acid groups (broad SMARTS) is 1. The molecule has 0 spiro atoms. The molecule has 1 aliphatic heterocycles. The predicted molar refractivity (Wildman–Crippen MR) is 72.5 cm³/mol. The van der Waals surface area contributed by atoms with Crippen molar-refractivity contribution in [2.75, 3.05) is 6.54 Å². The maximum absolute atomic E-state index is 13.3. The van der Waals surface area contributed by atoms with Gasteiger partial charge in [-0.25, -0.2) is 12.8 Å². The quantitative estimate of drug-likeness (QED) is 0.921. The lowest BCUT2D eigenvalue weighted by Crippen LogP contribution is -2.43. The highest BCUT2D eigenvalue weighted by Crippen LogP contribution is 2.44. The average molecular weight is 313 g/mol. The fraction of sp³-hybridized carbons (Fsp3) is 0.500. The van der Waals surface area contributed by atoms with E-state index in [-0.39, 0.29) is 23.3 Å². The number of fused-ring (bicyclic) bond motifs is 1.